The maximum absolute atomic E-state index is 12.8. The van der Waals surface area contributed by atoms with Gasteiger partial charge in [-0.05, 0) is 37.0 Å². The van der Waals surface area contributed by atoms with E-state index in [0.29, 0.717) is 12.2 Å². The van der Waals surface area contributed by atoms with E-state index in [1.807, 2.05) is 30.5 Å². The van der Waals surface area contributed by atoms with Crippen molar-refractivity contribution < 1.29 is 4.79 Å². The van der Waals surface area contributed by atoms with Crippen LogP contribution in [0.5, 0.6) is 0 Å². The maximum atomic E-state index is 12.8. The number of aromatic nitrogens is 1. The smallest absolute Gasteiger partial charge is 0.143 e. The van der Waals surface area contributed by atoms with Gasteiger partial charge in [-0.1, -0.05) is 38.0 Å². The lowest BCUT2D eigenvalue weighted by atomic mass is 9.77. The first-order valence-corrected chi connectivity index (χ1v) is 7.61. The minimum absolute atomic E-state index is 0.0512. The Bertz CT molecular complexity index is 621. The van der Waals surface area contributed by atoms with Gasteiger partial charge in [0.15, 0.2) is 0 Å². The lowest BCUT2D eigenvalue weighted by Gasteiger charge is -2.26. The first-order chi connectivity index (χ1) is 9.75. The molecule has 0 spiro atoms. The second-order valence-electron chi connectivity index (χ2n) is 5.93. The van der Waals surface area contributed by atoms with E-state index < -0.39 is 0 Å². The van der Waals surface area contributed by atoms with Crippen molar-refractivity contribution in [3.05, 3.63) is 42.1 Å². The number of para-hydroxylation sites is 1. The first kappa shape index (κ1) is 13.3. The van der Waals surface area contributed by atoms with Gasteiger partial charge in [0.25, 0.3) is 0 Å². The molecule has 20 heavy (non-hydrogen) atoms. The monoisotopic (exact) mass is 267 g/mol. The molecule has 1 aromatic carbocycles. The SMILES string of the molecule is CCC1(C(=O)Cc2ccnc3ccccc23)CCCC1. The summed E-state index contributed by atoms with van der Waals surface area (Å²) in [6.07, 6.45) is 7.91. The average Bonchev–Trinajstić information content (AvgIpc) is 2.98. The van der Waals surface area contributed by atoms with Crippen LogP contribution < -0.4 is 0 Å². The molecule has 104 valence electrons. The van der Waals surface area contributed by atoms with Gasteiger partial charge in [0.1, 0.15) is 5.78 Å². The summed E-state index contributed by atoms with van der Waals surface area (Å²) < 4.78 is 0. The van der Waals surface area contributed by atoms with Gasteiger partial charge in [-0.25, -0.2) is 0 Å². The Morgan fingerprint density at radius 3 is 2.70 bits per heavy atom. The van der Waals surface area contributed by atoms with Crippen molar-refractivity contribution >= 4 is 16.7 Å². The van der Waals surface area contributed by atoms with Gasteiger partial charge in [0, 0.05) is 23.4 Å². The number of rotatable bonds is 4. The van der Waals surface area contributed by atoms with Crippen LogP contribution in [0, 0.1) is 5.41 Å². The molecular weight excluding hydrogens is 246 g/mol. The van der Waals surface area contributed by atoms with Crippen molar-refractivity contribution in [3.63, 3.8) is 0 Å². The van der Waals surface area contributed by atoms with Gasteiger partial charge in [-0.2, -0.15) is 0 Å². The number of nitrogens with zero attached hydrogens (tertiary/aromatic N) is 1. The highest BCUT2D eigenvalue weighted by molar-refractivity contribution is 5.92. The molecule has 1 heterocycles. The molecule has 0 radical (unpaired) electrons. The van der Waals surface area contributed by atoms with Gasteiger partial charge in [-0.15, -0.1) is 0 Å². The molecule has 0 bridgehead atoms. The summed E-state index contributed by atoms with van der Waals surface area (Å²) in [4.78, 5) is 17.2. The van der Waals surface area contributed by atoms with E-state index in [-0.39, 0.29) is 5.41 Å². The third kappa shape index (κ3) is 2.24. The molecule has 0 saturated heterocycles. The molecule has 2 heteroatoms. The van der Waals surface area contributed by atoms with E-state index in [0.717, 1.165) is 35.7 Å². The highest BCUT2D eigenvalue weighted by atomic mass is 16.1. The van der Waals surface area contributed by atoms with Crippen molar-refractivity contribution in [2.75, 3.05) is 0 Å². The molecule has 1 fully saturated rings. The number of fused-ring (bicyclic) bond motifs is 1. The van der Waals surface area contributed by atoms with Gasteiger partial charge in [-0.3, -0.25) is 9.78 Å². The second-order valence-corrected chi connectivity index (χ2v) is 5.93. The van der Waals surface area contributed by atoms with Crippen LogP contribution in [0.25, 0.3) is 10.9 Å². The first-order valence-electron chi connectivity index (χ1n) is 7.61. The minimum Gasteiger partial charge on any atom is -0.299 e. The zero-order chi connectivity index (χ0) is 14.0. The Balaban J connectivity index is 1.91. The summed E-state index contributed by atoms with van der Waals surface area (Å²) in [5.41, 5.74) is 2.06. The molecule has 0 amide bonds. The third-order valence-corrected chi connectivity index (χ3v) is 4.92. The Kier molecular flexibility index (Phi) is 3.56. The predicted molar refractivity (Wildman–Crippen MR) is 81.6 cm³/mol. The second kappa shape index (κ2) is 5.35. The fourth-order valence-electron chi connectivity index (χ4n) is 3.55. The van der Waals surface area contributed by atoms with E-state index >= 15 is 0 Å². The molecule has 3 rings (SSSR count). The number of carbonyl (C=O) groups excluding carboxylic acids is 1. The van der Waals surface area contributed by atoms with Crippen LogP contribution in [0.4, 0.5) is 0 Å². The Morgan fingerprint density at radius 1 is 1.20 bits per heavy atom. The Hall–Kier alpha value is -1.70. The lowest BCUT2D eigenvalue weighted by Crippen LogP contribution is -2.28. The summed E-state index contributed by atoms with van der Waals surface area (Å²) in [6, 6.07) is 10.1. The number of carbonyl (C=O) groups is 1. The molecule has 0 N–H and O–H groups in total. The van der Waals surface area contributed by atoms with Gasteiger partial charge in [0.05, 0.1) is 5.52 Å². The number of Topliss-reactive ketones (excluding diaryl/α,β-unsaturated/α-hetero) is 1. The van der Waals surface area contributed by atoms with Crippen molar-refractivity contribution in [3.8, 4) is 0 Å². The van der Waals surface area contributed by atoms with Crippen LogP contribution in [0.15, 0.2) is 36.5 Å². The quantitative estimate of drug-likeness (QED) is 0.826. The summed E-state index contributed by atoms with van der Waals surface area (Å²) in [7, 11) is 0. The fourth-order valence-corrected chi connectivity index (χ4v) is 3.55. The zero-order valence-corrected chi connectivity index (χ0v) is 12.1. The van der Waals surface area contributed by atoms with Crippen molar-refractivity contribution in [2.24, 2.45) is 5.41 Å². The van der Waals surface area contributed by atoms with Crippen LogP contribution in [0.1, 0.15) is 44.6 Å². The molecular formula is C18H21NO. The highest BCUT2D eigenvalue weighted by Gasteiger charge is 2.38. The number of ketones is 1. The Labute approximate surface area is 120 Å². The van der Waals surface area contributed by atoms with Crippen molar-refractivity contribution in [2.45, 2.75) is 45.4 Å². The third-order valence-electron chi connectivity index (χ3n) is 4.92. The van der Waals surface area contributed by atoms with Crippen LogP contribution in [0.3, 0.4) is 0 Å². The molecule has 0 atom stereocenters. The van der Waals surface area contributed by atoms with Crippen molar-refractivity contribution in [1.82, 2.24) is 4.98 Å². The fraction of sp³-hybridized carbons (Fsp3) is 0.444. The van der Waals surface area contributed by atoms with E-state index in [2.05, 4.69) is 18.0 Å². The summed E-state index contributed by atoms with van der Waals surface area (Å²) >= 11 is 0. The molecule has 1 aliphatic rings. The molecule has 1 saturated carbocycles. The van der Waals surface area contributed by atoms with Gasteiger partial charge >= 0.3 is 0 Å². The maximum Gasteiger partial charge on any atom is 0.143 e. The van der Waals surface area contributed by atoms with Crippen LogP contribution in [-0.4, -0.2) is 10.8 Å². The summed E-state index contributed by atoms with van der Waals surface area (Å²) in [5, 5.41) is 1.12. The zero-order valence-electron chi connectivity index (χ0n) is 12.1. The molecule has 2 nitrogen and oxygen atoms in total. The minimum atomic E-state index is -0.0512. The largest absolute Gasteiger partial charge is 0.299 e. The number of benzene rings is 1. The van der Waals surface area contributed by atoms with Gasteiger partial charge < -0.3 is 0 Å². The topological polar surface area (TPSA) is 30.0 Å². The normalized spacial score (nSPS) is 17.4. The van der Waals surface area contributed by atoms with Crippen LogP contribution in [0.2, 0.25) is 0 Å². The molecule has 0 unspecified atom stereocenters. The standard InChI is InChI=1S/C18H21NO/c1-2-18(10-5-6-11-18)17(20)13-14-9-12-19-16-8-4-3-7-15(14)16/h3-4,7-9,12H,2,5-6,10-11,13H2,1H3. The van der Waals surface area contributed by atoms with Crippen LogP contribution in [-0.2, 0) is 11.2 Å². The van der Waals surface area contributed by atoms with Crippen molar-refractivity contribution in [1.29, 1.82) is 0 Å². The average molecular weight is 267 g/mol. The van der Waals surface area contributed by atoms with Crippen LogP contribution >= 0.6 is 0 Å². The summed E-state index contributed by atoms with van der Waals surface area (Å²) in [5.74, 6) is 0.425. The molecule has 0 aliphatic heterocycles. The molecule has 1 aliphatic carbocycles. The molecule has 1 aromatic heterocycles. The Morgan fingerprint density at radius 2 is 1.95 bits per heavy atom. The van der Waals surface area contributed by atoms with E-state index in [9.17, 15) is 4.79 Å². The van der Waals surface area contributed by atoms with E-state index in [4.69, 9.17) is 0 Å². The van der Waals surface area contributed by atoms with Gasteiger partial charge in [0.2, 0.25) is 0 Å². The lowest BCUT2D eigenvalue weighted by molar-refractivity contribution is -0.128. The summed E-state index contributed by atoms with van der Waals surface area (Å²) in [6.45, 7) is 2.16. The highest BCUT2D eigenvalue weighted by Crippen LogP contribution is 2.42. The predicted octanol–water partition coefficient (Wildman–Crippen LogP) is 4.32. The molecule has 2 aromatic rings. The number of hydrogen-bond donors (Lipinski definition) is 0. The number of pyridine rings is 1. The van der Waals surface area contributed by atoms with E-state index in [1.165, 1.54) is 12.8 Å². The number of hydrogen-bond acceptors (Lipinski definition) is 2. The van der Waals surface area contributed by atoms with E-state index in [1.54, 1.807) is 0 Å².